The molecule has 2 amide bonds. The minimum atomic E-state index is -0.973. The molecule has 0 unspecified atom stereocenters. The van der Waals surface area contributed by atoms with Crippen LogP contribution in [-0.2, 0) is 14.4 Å². The number of carbonyl (C=O) groups excluding carboxylic acids is 2. The highest BCUT2D eigenvalue weighted by Crippen LogP contribution is 2.15. The van der Waals surface area contributed by atoms with Crippen molar-refractivity contribution in [2.24, 2.45) is 5.73 Å². The normalized spacial score (nSPS) is 12.0. The third-order valence-corrected chi connectivity index (χ3v) is 8.28. The highest BCUT2D eigenvalue weighted by Gasteiger charge is 2.26. The van der Waals surface area contributed by atoms with E-state index in [2.05, 4.69) is 13.8 Å². The van der Waals surface area contributed by atoms with Crippen molar-refractivity contribution in [3.05, 3.63) is 0 Å². The summed E-state index contributed by atoms with van der Waals surface area (Å²) in [7, 11) is 0. The third kappa shape index (κ3) is 26.0. The Morgan fingerprint density at radius 3 is 1.24 bits per heavy atom. The number of amides is 2. The van der Waals surface area contributed by atoms with E-state index in [0.717, 1.165) is 38.5 Å². The monoisotopic (exact) mass is 581 g/mol. The summed E-state index contributed by atoms with van der Waals surface area (Å²) in [6, 6.07) is -0.931. The lowest BCUT2D eigenvalue weighted by Gasteiger charge is -2.24. The summed E-state index contributed by atoms with van der Waals surface area (Å²) in [5.41, 5.74) is 6.00. The van der Waals surface area contributed by atoms with E-state index in [9.17, 15) is 14.4 Å². The summed E-state index contributed by atoms with van der Waals surface area (Å²) in [6.45, 7) is 4.89. The molecule has 0 spiro atoms. The van der Waals surface area contributed by atoms with E-state index < -0.39 is 17.9 Å². The van der Waals surface area contributed by atoms with E-state index in [1.54, 1.807) is 0 Å². The van der Waals surface area contributed by atoms with Gasteiger partial charge in [-0.15, -0.1) is 0 Å². The van der Waals surface area contributed by atoms with Crippen LogP contribution in [0, 0.1) is 0 Å². The van der Waals surface area contributed by atoms with Crippen LogP contribution in [0.1, 0.15) is 194 Å². The molecule has 0 aliphatic heterocycles. The SMILES string of the molecule is CCCCCCCCCCCCCCCCCCN(C(=O)CCCCCCCCCCC)C(=O)[C@@H](N)CCC(=O)O. The van der Waals surface area contributed by atoms with Crippen LogP contribution in [0.2, 0.25) is 0 Å². The largest absolute Gasteiger partial charge is 0.481 e. The van der Waals surface area contributed by atoms with Gasteiger partial charge in [0.15, 0.2) is 0 Å². The molecular formula is C35H68N2O4. The number of hydrogen-bond acceptors (Lipinski definition) is 4. The van der Waals surface area contributed by atoms with Gasteiger partial charge >= 0.3 is 5.97 Å². The topological polar surface area (TPSA) is 101 Å². The fourth-order valence-corrected chi connectivity index (χ4v) is 5.50. The summed E-state index contributed by atoms with van der Waals surface area (Å²) < 4.78 is 0. The molecule has 6 nitrogen and oxygen atoms in total. The summed E-state index contributed by atoms with van der Waals surface area (Å²) in [4.78, 5) is 38.2. The molecule has 0 aliphatic rings. The van der Waals surface area contributed by atoms with Gasteiger partial charge in [-0.3, -0.25) is 19.3 Å². The third-order valence-electron chi connectivity index (χ3n) is 8.28. The Balaban J connectivity index is 4.14. The number of nitrogens with zero attached hydrogens (tertiary/aromatic N) is 1. The van der Waals surface area contributed by atoms with E-state index >= 15 is 0 Å². The first-order valence-electron chi connectivity index (χ1n) is 17.8. The van der Waals surface area contributed by atoms with Crippen LogP contribution in [0.25, 0.3) is 0 Å². The van der Waals surface area contributed by atoms with Crippen LogP contribution >= 0.6 is 0 Å². The van der Waals surface area contributed by atoms with Gasteiger partial charge < -0.3 is 10.8 Å². The molecule has 242 valence electrons. The second-order valence-corrected chi connectivity index (χ2v) is 12.3. The summed E-state index contributed by atoms with van der Waals surface area (Å²) in [6.07, 6.45) is 31.3. The maximum absolute atomic E-state index is 13.0. The van der Waals surface area contributed by atoms with Crippen LogP contribution in [0.4, 0.5) is 0 Å². The molecule has 0 aromatic carbocycles. The molecule has 0 aromatic rings. The number of hydrogen-bond donors (Lipinski definition) is 2. The second-order valence-electron chi connectivity index (χ2n) is 12.3. The van der Waals surface area contributed by atoms with Crippen molar-refractivity contribution < 1.29 is 19.5 Å². The first-order chi connectivity index (χ1) is 19.9. The van der Waals surface area contributed by atoms with Crippen molar-refractivity contribution in [2.45, 2.75) is 200 Å². The van der Waals surface area contributed by atoms with Gasteiger partial charge in [0.2, 0.25) is 11.8 Å². The maximum Gasteiger partial charge on any atom is 0.303 e. The highest BCUT2D eigenvalue weighted by atomic mass is 16.4. The molecule has 0 saturated heterocycles. The van der Waals surface area contributed by atoms with Gasteiger partial charge in [0.25, 0.3) is 0 Å². The molecule has 0 bridgehead atoms. The van der Waals surface area contributed by atoms with E-state index in [0.29, 0.717) is 13.0 Å². The Morgan fingerprint density at radius 2 is 0.878 bits per heavy atom. The molecule has 6 heteroatoms. The van der Waals surface area contributed by atoms with Gasteiger partial charge in [-0.1, -0.05) is 162 Å². The summed E-state index contributed by atoms with van der Waals surface area (Å²) in [5.74, 6) is -1.53. The number of rotatable bonds is 31. The standard InChI is InChI=1S/C35H68N2O4/c1-3-5-7-9-11-13-14-15-16-17-18-19-21-23-25-27-31-37(35(41)32(36)29-30-34(39)40)33(38)28-26-24-22-20-12-10-8-6-4-2/h32H,3-31,36H2,1-2H3,(H,39,40)/t32-/m0/s1. The Hall–Kier alpha value is -1.43. The van der Waals surface area contributed by atoms with Crippen molar-refractivity contribution >= 4 is 17.8 Å². The molecule has 0 aliphatic carbocycles. The van der Waals surface area contributed by atoms with Gasteiger partial charge in [-0.2, -0.15) is 0 Å². The number of carboxylic acid groups (broad SMARTS) is 1. The lowest BCUT2D eigenvalue weighted by atomic mass is 10.0. The average molecular weight is 581 g/mol. The Kier molecular flexibility index (Phi) is 29.0. The van der Waals surface area contributed by atoms with Crippen molar-refractivity contribution in [1.29, 1.82) is 0 Å². The molecule has 41 heavy (non-hydrogen) atoms. The first kappa shape index (κ1) is 39.6. The molecular weight excluding hydrogens is 512 g/mol. The Bertz CT molecular complexity index is 625. The van der Waals surface area contributed by atoms with Crippen LogP contribution in [0.15, 0.2) is 0 Å². The Morgan fingerprint density at radius 1 is 0.537 bits per heavy atom. The minimum Gasteiger partial charge on any atom is -0.481 e. The van der Waals surface area contributed by atoms with E-state index in [4.69, 9.17) is 10.8 Å². The first-order valence-corrected chi connectivity index (χ1v) is 17.8. The second kappa shape index (κ2) is 30.0. The van der Waals surface area contributed by atoms with Gasteiger partial charge in [-0.05, 0) is 19.3 Å². The minimum absolute atomic E-state index is 0.0644. The van der Waals surface area contributed by atoms with E-state index in [1.165, 1.54) is 127 Å². The number of unbranched alkanes of at least 4 members (excludes halogenated alkanes) is 23. The molecule has 0 heterocycles. The van der Waals surface area contributed by atoms with Gasteiger partial charge in [0.05, 0.1) is 6.04 Å². The molecule has 1 atom stereocenters. The average Bonchev–Trinajstić information content (AvgIpc) is 2.96. The van der Waals surface area contributed by atoms with Crippen LogP contribution in [-0.4, -0.2) is 40.4 Å². The fourth-order valence-electron chi connectivity index (χ4n) is 5.50. The zero-order valence-electron chi connectivity index (χ0n) is 27.3. The quantitative estimate of drug-likeness (QED) is 0.0795. The van der Waals surface area contributed by atoms with E-state index in [-0.39, 0.29) is 18.7 Å². The van der Waals surface area contributed by atoms with Crippen molar-refractivity contribution in [2.75, 3.05) is 6.54 Å². The van der Waals surface area contributed by atoms with E-state index in [1.807, 2.05) is 0 Å². The predicted octanol–water partition coefficient (Wildman–Crippen LogP) is 9.72. The summed E-state index contributed by atoms with van der Waals surface area (Å²) >= 11 is 0. The number of aliphatic carboxylic acids is 1. The van der Waals surface area contributed by atoms with Crippen molar-refractivity contribution in [1.82, 2.24) is 4.90 Å². The lowest BCUT2D eigenvalue weighted by molar-refractivity contribution is -0.146. The predicted molar refractivity (Wildman–Crippen MR) is 173 cm³/mol. The number of nitrogens with two attached hydrogens (primary N) is 1. The zero-order chi connectivity index (χ0) is 30.4. The van der Waals surface area contributed by atoms with Crippen LogP contribution in [0.5, 0.6) is 0 Å². The lowest BCUT2D eigenvalue weighted by Crippen LogP contribution is -2.47. The molecule has 3 N–H and O–H groups in total. The van der Waals surface area contributed by atoms with Gasteiger partial charge in [-0.25, -0.2) is 0 Å². The van der Waals surface area contributed by atoms with Crippen LogP contribution < -0.4 is 5.73 Å². The highest BCUT2D eigenvalue weighted by molar-refractivity contribution is 5.97. The fraction of sp³-hybridized carbons (Fsp3) is 0.914. The maximum atomic E-state index is 13.0. The Labute approximate surface area is 254 Å². The van der Waals surface area contributed by atoms with Gasteiger partial charge in [0, 0.05) is 19.4 Å². The number of imide groups is 1. The molecule has 0 radical (unpaired) electrons. The van der Waals surface area contributed by atoms with Crippen molar-refractivity contribution in [3.63, 3.8) is 0 Å². The molecule has 0 saturated carbocycles. The smallest absolute Gasteiger partial charge is 0.303 e. The number of carboxylic acids is 1. The molecule has 0 rings (SSSR count). The molecule has 0 aromatic heterocycles. The zero-order valence-corrected chi connectivity index (χ0v) is 27.3. The molecule has 0 fully saturated rings. The number of carbonyl (C=O) groups is 3. The van der Waals surface area contributed by atoms with Crippen LogP contribution in [0.3, 0.4) is 0 Å². The van der Waals surface area contributed by atoms with Crippen molar-refractivity contribution in [3.8, 4) is 0 Å². The summed E-state index contributed by atoms with van der Waals surface area (Å²) in [5, 5.41) is 8.95. The van der Waals surface area contributed by atoms with Gasteiger partial charge in [0.1, 0.15) is 0 Å².